The van der Waals surface area contributed by atoms with Gasteiger partial charge in [0.25, 0.3) is 0 Å². The number of aryl methyl sites for hydroxylation is 1. The van der Waals surface area contributed by atoms with Gasteiger partial charge in [-0.05, 0) is 42.5 Å². The maximum atomic E-state index is 11.4. The van der Waals surface area contributed by atoms with Crippen LogP contribution in [0.4, 0.5) is 0 Å². The zero-order chi connectivity index (χ0) is 14.4. The summed E-state index contributed by atoms with van der Waals surface area (Å²) in [6.45, 7) is 0. The Morgan fingerprint density at radius 3 is 2.50 bits per heavy atom. The second-order valence-electron chi connectivity index (χ2n) is 4.82. The first-order chi connectivity index (χ1) is 9.66. The average Bonchev–Trinajstić information content (AvgIpc) is 2.44. The number of rotatable bonds is 6. The number of carbonyl (C=O) groups is 1. The number of benzene rings is 2. The third-order valence-electron chi connectivity index (χ3n) is 3.35. The molecule has 0 aliphatic heterocycles. The Morgan fingerprint density at radius 2 is 1.85 bits per heavy atom. The highest BCUT2D eigenvalue weighted by Crippen LogP contribution is 2.25. The second kappa shape index (κ2) is 7.25. The van der Waals surface area contributed by atoms with Crippen LogP contribution >= 0.6 is 15.9 Å². The van der Waals surface area contributed by atoms with Crippen LogP contribution in [0.5, 0.6) is 0 Å². The molecular weight excluding hydrogens is 316 g/mol. The van der Waals surface area contributed by atoms with Gasteiger partial charge in [0, 0.05) is 4.47 Å². The first-order valence-electron chi connectivity index (χ1n) is 6.69. The van der Waals surface area contributed by atoms with Gasteiger partial charge in [-0.25, -0.2) is 0 Å². The molecule has 3 heteroatoms. The molecule has 0 radical (unpaired) electrons. The molecule has 2 rings (SSSR count). The zero-order valence-corrected chi connectivity index (χ0v) is 12.7. The standard InChI is InChI=1S/C17H17BrO2/c18-15-10-5-9-14(12-15)16(17(19)20)11-4-8-13-6-2-1-3-7-13/h1-3,5-7,9-10,12,16H,4,8,11H2,(H,19,20). The van der Waals surface area contributed by atoms with Gasteiger partial charge >= 0.3 is 5.97 Å². The molecule has 0 fully saturated rings. The molecule has 0 saturated carbocycles. The van der Waals surface area contributed by atoms with Crippen LogP contribution in [0.15, 0.2) is 59.1 Å². The van der Waals surface area contributed by atoms with E-state index in [1.807, 2.05) is 42.5 Å². The monoisotopic (exact) mass is 332 g/mol. The molecule has 104 valence electrons. The van der Waals surface area contributed by atoms with Crippen LogP contribution in [0.2, 0.25) is 0 Å². The Labute approximate surface area is 127 Å². The highest BCUT2D eigenvalue weighted by molar-refractivity contribution is 9.10. The summed E-state index contributed by atoms with van der Waals surface area (Å²) in [4.78, 5) is 11.4. The average molecular weight is 333 g/mol. The fourth-order valence-electron chi connectivity index (χ4n) is 2.31. The third kappa shape index (κ3) is 4.20. The molecule has 2 aromatic carbocycles. The molecule has 0 heterocycles. The smallest absolute Gasteiger partial charge is 0.310 e. The fraction of sp³-hybridized carbons (Fsp3) is 0.235. The van der Waals surface area contributed by atoms with E-state index in [0.29, 0.717) is 6.42 Å². The molecule has 0 aliphatic rings. The van der Waals surface area contributed by atoms with Gasteiger partial charge in [0.05, 0.1) is 5.92 Å². The number of aliphatic carboxylic acids is 1. The maximum absolute atomic E-state index is 11.4. The molecule has 0 aliphatic carbocycles. The van der Waals surface area contributed by atoms with Crippen LogP contribution in [0.3, 0.4) is 0 Å². The van der Waals surface area contributed by atoms with Crippen molar-refractivity contribution in [2.24, 2.45) is 0 Å². The number of hydrogen-bond donors (Lipinski definition) is 1. The van der Waals surface area contributed by atoms with Crippen LogP contribution in [-0.4, -0.2) is 11.1 Å². The molecule has 0 amide bonds. The zero-order valence-electron chi connectivity index (χ0n) is 11.1. The normalized spacial score (nSPS) is 12.1. The summed E-state index contributed by atoms with van der Waals surface area (Å²) in [5.74, 6) is -1.19. The van der Waals surface area contributed by atoms with E-state index in [0.717, 1.165) is 22.9 Å². The third-order valence-corrected chi connectivity index (χ3v) is 3.84. The number of halogens is 1. The van der Waals surface area contributed by atoms with Crippen molar-refractivity contribution in [2.75, 3.05) is 0 Å². The molecule has 1 N–H and O–H groups in total. The highest BCUT2D eigenvalue weighted by Gasteiger charge is 2.19. The van der Waals surface area contributed by atoms with Crippen LogP contribution in [-0.2, 0) is 11.2 Å². The first kappa shape index (κ1) is 14.8. The van der Waals surface area contributed by atoms with E-state index in [1.54, 1.807) is 0 Å². The summed E-state index contributed by atoms with van der Waals surface area (Å²) in [7, 11) is 0. The van der Waals surface area contributed by atoms with Gasteiger partial charge in [0.1, 0.15) is 0 Å². The summed E-state index contributed by atoms with van der Waals surface area (Å²) in [6.07, 6.45) is 2.44. The molecule has 0 saturated heterocycles. The minimum atomic E-state index is -0.754. The van der Waals surface area contributed by atoms with Crippen LogP contribution in [0, 0.1) is 0 Å². The lowest BCUT2D eigenvalue weighted by molar-refractivity contribution is -0.139. The van der Waals surface area contributed by atoms with Gasteiger partial charge in [-0.1, -0.05) is 58.4 Å². The van der Waals surface area contributed by atoms with Gasteiger partial charge in [0.2, 0.25) is 0 Å². The van der Waals surface area contributed by atoms with Gasteiger partial charge < -0.3 is 5.11 Å². The molecule has 0 aromatic heterocycles. The van der Waals surface area contributed by atoms with E-state index in [-0.39, 0.29) is 0 Å². The van der Waals surface area contributed by atoms with Gasteiger partial charge in [-0.3, -0.25) is 4.79 Å². The summed E-state index contributed by atoms with van der Waals surface area (Å²) in [5, 5.41) is 9.40. The summed E-state index contributed by atoms with van der Waals surface area (Å²) < 4.78 is 0.921. The largest absolute Gasteiger partial charge is 0.481 e. The quantitative estimate of drug-likeness (QED) is 0.836. The Morgan fingerprint density at radius 1 is 1.10 bits per heavy atom. The minimum absolute atomic E-state index is 0.434. The summed E-state index contributed by atoms with van der Waals surface area (Å²) in [5.41, 5.74) is 2.12. The Balaban J connectivity index is 1.98. The predicted molar refractivity (Wildman–Crippen MR) is 83.9 cm³/mol. The van der Waals surface area contributed by atoms with E-state index in [1.165, 1.54) is 5.56 Å². The van der Waals surface area contributed by atoms with Gasteiger partial charge in [-0.15, -0.1) is 0 Å². The van der Waals surface area contributed by atoms with Crippen molar-refractivity contribution >= 4 is 21.9 Å². The SMILES string of the molecule is O=C(O)C(CCCc1ccccc1)c1cccc(Br)c1. The Kier molecular flexibility index (Phi) is 5.36. The minimum Gasteiger partial charge on any atom is -0.481 e. The Bertz CT molecular complexity index is 566. The van der Waals surface area contributed by atoms with E-state index < -0.39 is 11.9 Å². The lowest BCUT2D eigenvalue weighted by Crippen LogP contribution is -2.12. The molecule has 0 bridgehead atoms. The lowest BCUT2D eigenvalue weighted by Gasteiger charge is -2.13. The topological polar surface area (TPSA) is 37.3 Å². The summed E-state index contributed by atoms with van der Waals surface area (Å²) >= 11 is 3.39. The van der Waals surface area contributed by atoms with Crippen molar-refractivity contribution in [2.45, 2.75) is 25.2 Å². The van der Waals surface area contributed by atoms with Crippen molar-refractivity contribution in [1.29, 1.82) is 0 Å². The predicted octanol–water partition coefficient (Wildman–Crippen LogP) is 4.64. The number of hydrogen-bond acceptors (Lipinski definition) is 1. The van der Waals surface area contributed by atoms with Gasteiger partial charge in [-0.2, -0.15) is 0 Å². The molecular formula is C17H17BrO2. The van der Waals surface area contributed by atoms with E-state index >= 15 is 0 Å². The number of carboxylic acids is 1. The van der Waals surface area contributed by atoms with Crippen LogP contribution in [0.25, 0.3) is 0 Å². The first-order valence-corrected chi connectivity index (χ1v) is 7.48. The van der Waals surface area contributed by atoms with Crippen molar-refractivity contribution in [1.82, 2.24) is 0 Å². The maximum Gasteiger partial charge on any atom is 0.310 e. The Hall–Kier alpha value is -1.61. The van der Waals surface area contributed by atoms with Crippen LogP contribution < -0.4 is 0 Å². The van der Waals surface area contributed by atoms with E-state index in [4.69, 9.17) is 0 Å². The van der Waals surface area contributed by atoms with Crippen molar-refractivity contribution < 1.29 is 9.90 Å². The van der Waals surface area contributed by atoms with Crippen molar-refractivity contribution in [3.8, 4) is 0 Å². The summed E-state index contributed by atoms with van der Waals surface area (Å²) in [6, 6.07) is 17.7. The van der Waals surface area contributed by atoms with Crippen molar-refractivity contribution in [3.05, 3.63) is 70.2 Å². The van der Waals surface area contributed by atoms with Crippen molar-refractivity contribution in [3.63, 3.8) is 0 Å². The molecule has 2 aromatic rings. The molecule has 20 heavy (non-hydrogen) atoms. The molecule has 0 spiro atoms. The van der Waals surface area contributed by atoms with E-state index in [9.17, 15) is 9.90 Å². The lowest BCUT2D eigenvalue weighted by atomic mass is 9.93. The molecule has 2 nitrogen and oxygen atoms in total. The number of carboxylic acid groups (broad SMARTS) is 1. The second-order valence-corrected chi connectivity index (χ2v) is 5.74. The van der Waals surface area contributed by atoms with E-state index in [2.05, 4.69) is 28.1 Å². The molecule has 1 unspecified atom stereocenters. The van der Waals surface area contributed by atoms with Gasteiger partial charge in [0.15, 0.2) is 0 Å². The highest BCUT2D eigenvalue weighted by atomic mass is 79.9. The molecule has 1 atom stereocenters. The van der Waals surface area contributed by atoms with Crippen LogP contribution in [0.1, 0.15) is 29.9 Å². The fourth-order valence-corrected chi connectivity index (χ4v) is 2.73.